The number of nitrogens with zero attached hydrogens (tertiary/aromatic N) is 2. The lowest BCUT2D eigenvalue weighted by Crippen LogP contribution is -2.17. The van der Waals surface area contributed by atoms with E-state index in [0.29, 0.717) is 18.5 Å². The van der Waals surface area contributed by atoms with Gasteiger partial charge in [0.25, 0.3) is 0 Å². The van der Waals surface area contributed by atoms with Gasteiger partial charge in [0.15, 0.2) is 5.75 Å². The number of pyridine rings is 1. The van der Waals surface area contributed by atoms with E-state index in [0.717, 1.165) is 12.1 Å². The van der Waals surface area contributed by atoms with Gasteiger partial charge >= 0.3 is 6.36 Å². The molecule has 6 nitrogen and oxygen atoms in total. The highest BCUT2D eigenvalue weighted by molar-refractivity contribution is 5.90. The largest absolute Gasteiger partial charge is 0.573 e. The Bertz CT molecular complexity index is 815. The number of rotatable bonds is 6. The molecule has 0 aliphatic heterocycles. The number of benzene rings is 1. The molecule has 1 amide bonds. The Kier molecular flexibility index (Phi) is 6.01. The molecule has 1 N–H and O–H groups in total. The lowest BCUT2D eigenvalue weighted by molar-refractivity contribution is -0.274. The maximum atomic E-state index is 12.4. The highest BCUT2D eigenvalue weighted by atomic mass is 19.4. The van der Waals surface area contributed by atoms with Crippen molar-refractivity contribution >= 4 is 11.6 Å². The van der Waals surface area contributed by atoms with Crippen LogP contribution in [-0.2, 0) is 4.79 Å². The number of ether oxygens (including phenoxy) is 2. The molecule has 0 aliphatic carbocycles. The standard InChI is InChI=1S/C17H14F3N3O3/c1-2-3-15(24)23-12-5-7-16(22-10-12)25-13-6-4-11(9-21)14(8-13)26-17(18,19)20/h4-8,10H,2-3H2,1H3,(H,23,24). The minimum Gasteiger partial charge on any atom is -0.439 e. The van der Waals surface area contributed by atoms with Gasteiger partial charge in [0.2, 0.25) is 11.8 Å². The number of alkyl halides is 3. The number of carbonyl (C=O) groups is 1. The van der Waals surface area contributed by atoms with Gasteiger partial charge in [-0.3, -0.25) is 4.79 Å². The predicted molar refractivity (Wildman–Crippen MR) is 85.7 cm³/mol. The summed E-state index contributed by atoms with van der Waals surface area (Å²) < 4.78 is 46.4. The van der Waals surface area contributed by atoms with Crippen LogP contribution in [0.1, 0.15) is 25.3 Å². The predicted octanol–water partition coefficient (Wildman–Crippen LogP) is 4.38. The normalized spacial score (nSPS) is 10.7. The van der Waals surface area contributed by atoms with Crippen molar-refractivity contribution in [1.29, 1.82) is 5.26 Å². The Morgan fingerprint density at radius 1 is 1.31 bits per heavy atom. The van der Waals surface area contributed by atoms with Crippen molar-refractivity contribution in [2.24, 2.45) is 0 Å². The van der Waals surface area contributed by atoms with Crippen molar-refractivity contribution in [3.63, 3.8) is 0 Å². The number of carbonyl (C=O) groups excluding carboxylic acids is 1. The summed E-state index contributed by atoms with van der Waals surface area (Å²) in [5.41, 5.74) is 0.188. The lowest BCUT2D eigenvalue weighted by Gasteiger charge is -2.12. The Morgan fingerprint density at radius 2 is 2.08 bits per heavy atom. The van der Waals surface area contributed by atoms with Crippen molar-refractivity contribution in [3.8, 4) is 23.4 Å². The zero-order valence-corrected chi connectivity index (χ0v) is 13.6. The monoisotopic (exact) mass is 365 g/mol. The van der Waals surface area contributed by atoms with Crippen LogP contribution in [0.3, 0.4) is 0 Å². The molecule has 2 rings (SSSR count). The fourth-order valence-electron chi connectivity index (χ4n) is 1.95. The summed E-state index contributed by atoms with van der Waals surface area (Å²) in [5, 5.41) is 11.5. The van der Waals surface area contributed by atoms with Crippen LogP contribution < -0.4 is 14.8 Å². The number of aromatic nitrogens is 1. The summed E-state index contributed by atoms with van der Waals surface area (Å²) in [4.78, 5) is 15.5. The molecular weight excluding hydrogens is 351 g/mol. The highest BCUT2D eigenvalue weighted by Gasteiger charge is 2.32. The molecule has 0 aliphatic rings. The summed E-state index contributed by atoms with van der Waals surface area (Å²) in [6, 6.07) is 8.02. The molecule has 0 unspecified atom stereocenters. The van der Waals surface area contributed by atoms with Gasteiger partial charge in [-0.25, -0.2) is 4.98 Å². The number of amides is 1. The van der Waals surface area contributed by atoms with Crippen LogP contribution >= 0.6 is 0 Å². The Hall–Kier alpha value is -3.28. The molecule has 1 aromatic heterocycles. The molecule has 136 valence electrons. The molecule has 9 heteroatoms. The van der Waals surface area contributed by atoms with Crippen molar-refractivity contribution in [1.82, 2.24) is 4.98 Å². The lowest BCUT2D eigenvalue weighted by atomic mass is 10.2. The van der Waals surface area contributed by atoms with Gasteiger partial charge < -0.3 is 14.8 Å². The number of nitrogens with one attached hydrogen (secondary N) is 1. The molecule has 0 fully saturated rings. The van der Waals surface area contributed by atoms with Crippen LogP contribution in [0.2, 0.25) is 0 Å². The summed E-state index contributed by atoms with van der Waals surface area (Å²) in [6.45, 7) is 1.88. The third-order valence-electron chi connectivity index (χ3n) is 3.02. The van der Waals surface area contributed by atoms with E-state index in [-0.39, 0.29) is 23.1 Å². The van der Waals surface area contributed by atoms with Gasteiger partial charge in [-0.15, -0.1) is 13.2 Å². The van der Waals surface area contributed by atoms with Crippen molar-refractivity contribution in [2.75, 3.05) is 5.32 Å². The number of anilines is 1. The third-order valence-corrected chi connectivity index (χ3v) is 3.02. The average Bonchev–Trinajstić information content (AvgIpc) is 2.56. The second-order valence-electron chi connectivity index (χ2n) is 5.10. The smallest absolute Gasteiger partial charge is 0.439 e. The topological polar surface area (TPSA) is 84.2 Å². The third kappa shape index (κ3) is 5.66. The summed E-state index contributed by atoms with van der Waals surface area (Å²) in [6.07, 6.45) is -2.48. The number of halogens is 3. The van der Waals surface area contributed by atoms with Crippen LogP contribution in [0, 0.1) is 11.3 Å². The molecule has 0 atom stereocenters. The quantitative estimate of drug-likeness (QED) is 0.821. The fraction of sp³-hybridized carbons (Fsp3) is 0.235. The van der Waals surface area contributed by atoms with E-state index in [1.807, 2.05) is 6.92 Å². The first-order chi connectivity index (χ1) is 12.3. The van der Waals surface area contributed by atoms with Crippen LogP contribution in [0.25, 0.3) is 0 Å². The van der Waals surface area contributed by atoms with E-state index in [4.69, 9.17) is 10.00 Å². The Morgan fingerprint density at radius 3 is 2.65 bits per heavy atom. The second-order valence-corrected chi connectivity index (χ2v) is 5.10. The SMILES string of the molecule is CCCC(=O)Nc1ccc(Oc2ccc(C#N)c(OC(F)(F)F)c2)nc1. The van der Waals surface area contributed by atoms with E-state index in [1.165, 1.54) is 18.3 Å². The molecule has 0 radical (unpaired) electrons. The van der Waals surface area contributed by atoms with E-state index < -0.39 is 12.1 Å². The van der Waals surface area contributed by atoms with Gasteiger partial charge in [0.05, 0.1) is 17.4 Å². The van der Waals surface area contributed by atoms with E-state index in [2.05, 4.69) is 15.0 Å². The zero-order chi connectivity index (χ0) is 19.2. The van der Waals surface area contributed by atoms with Crippen LogP contribution in [0.5, 0.6) is 17.4 Å². The average molecular weight is 365 g/mol. The van der Waals surface area contributed by atoms with E-state index >= 15 is 0 Å². The molecule has 26 heavy (non-hydrogen) atoms. The van der Waals surface area contributed by atoms with E-state index in [1.54, 1.807) is 12.1 Å². The van der Waals surface area contributed by atoms with E-state index in [9.17, 15) is 18.0 Å². The molecule has 1 heterocycles. The summed E-state index contributed by atoms with van der Waals surface area (Å²) in [5.74, 6) is -0.704. The minimum absolute atomic E-state index is 0.0125. The Balaban J connectivity index is 2.12. The van der Waals surface area contributed by atoms with Crippen molar-refractivity contribution in [2.45, 2.75) is 26.1 Å². The van der Waals surface area contributed by atoms with Crippen LogP contribution in [0.15, 0.2) is 36.5 Å². The number of hydrogen-bond donors (Lipinski definition) is 1. The first-order valence-electron chi connectivity index (χ1n) is 7.54. The van der Waals surface area contributed by atoms with Crippen molar-refractivity contribution < 1.29 is 27.4 Å². The molecule has 2 aromatic rings. The molecule has 0 saturated carbocycles. The fourth-order valence-corrected chi connectivity index (χ4v) is 1.95. The highest BCUT2D eigenvalue weighted by Crippen LogP contribution is 2.31. The maximum absolute atomic E-state index is 12.4. The van der Waals surface area contributed by atoms with Gasteiger partial charge in [0.1, 0.15) is 11.8 Å². The molecule has 0 bridgehead atoms. The Labute approximate surface area is 147 Å². The summed E-state index contributed by atoms with van der Waals surface area (Å²) in [7, 11) is 0. The molecular formula is C17H14F3N3O3. The number of hydrogen-bond acceptors (Lipinski definition) is 5. The van der Waals surface area contributed by atoms with Gasteiger partial charge in [0, 0.05) is 18.6 Å². The van der Waals surface area contributed by atoms with Gasteiger partial charge in [-0.1, -0.05) is 6.92 Å². The van der Waals surface area contributed by atoms with Crippen LogP contribution in [-0.4, -0.2) is 17.3 Å². The van der Waals surface area contributed by atoms with Crippen LogP contribution in [0.4, 0.5) is 18.9 Å². The summed E-state index contributed by atoms with van der Waals surface area (Å²) >= 11 is 0. The van der Waals surface area contributed by atoms with Gasteiger partial charge in [-0.2, -0.15) is 5.26 Å². The molecule has 0 spiro atoms. The zero-order valence-electron chi connectivity index (χ0n) is 13.6. The number of nitriles is 1. The molecule has 1 aromatic carbocycles. The molecule has 0 saturated heterocycles. The second kappa shape index (κ2) is 8.20. The van der Waals surface area contributed by atoms with Crippen molar-refractivity contribution in [3.05, 3.63) is 42.1 Å². The maximum Gasteiger partial charge on any atom is 0.573 e. The van der Waals surface area contributed by atoms with Gasteiger partial charge in [-0.05, 0) is 24.6 Å². The first-order valence-corrected chi connectivity index (χ1v) is 7.54. The first kappa shape index (κ1) is 19.1. The minimum atomic E-state index is -4.93.